The largest absolute Gasteiger partial charge is 0.433 e. The molecule has 0 fully saturated rings. The zero-order valence-electron chi connectivity index (χ0n) is 20.0. The molecule has 9 nitrogen and oxygen atoms in total. The minimum absolute atomic E-state index is 0.0394. The van der Waals surface area contributed by atoms with Gasteiger partial charge < -0.3 is 40.5 Å². The first-order valence-electron chi connectivity index (χ1n) is 12.3. The first-order chi connectivity index (χ1) is 15.7. The summed E-state index contributed by atoms with van der Waals surface area (Å²) in [5.74, 6) is -0.748. The monoisotopic (exact) mass is 478 g/mol. The van der Waals surface area contributed by atoms with Crippen LogP contribution >= 0.6 is 0 Å². The number of hydrogen-bond donors (Lipinski definition) is 7. The van der Waals surface area contributed by atoms with Crippen LogP contribution in [0, 0.1) is 0 Å². The van der Waals surface area contributed by atoms with Gasteiger partial charge in [0.05, 0.1) is 12.7 Å². The molecule has 0 aliphatic rings. The van der Waals surface area contributed by atoms with E-state index >= 15 is 0 Å². The highest BCUT2D eigenvalue weighted by Gasteiger charge is 2.35. The lowest BCUT2D eigenvalue weighted by molar-refractivity contribution is -0.213. The van der Waals surface area contributed by atoms with Gasteiger partial charge in [-0.3, -0.25) is 4.79 Å². The molecule has 0 aromatic rings. The molecule has 0 aliphatic heterocycles. The molecule has 0 bridgehead atoms. The van der Waals surface area contributed by atoms with Crippen molar-refractivity contribution in [1.29, 1.82) is 0 Å². The van der Waals surface area contributed by atoms with Crippen LogP contribution in [0.3, 0.4) is 0 Å². The molecule has 6 atom stereocenters. The second kappa shape index (κ2) is 20.3. The molecule has 0 saturated carbocycles. The van der Waals surface area contributed by atoms with Gasteiger partial charge >= 0.3 is 5.97 Å². The van der Waals surface area contributed by atoms with Crippen molar-refractivity contribution in [1.82, 2.24) is 0 Å². The molecule has 1 unspecified atom stereocenters. The molecule has 0 aromatic heterocycles. The number of allylic oxidation sites excluding steroid dienone is 1. The number of aliphatic hydroxyl groups excluding tert-OH is 7. The van der Waals surface area contributed by atoms with Gasteiger partial charge in [-0.2, -0.15) is 0 Å². The number of esters is 1. The molecule has 0 radical (unpaired) electrons. The van der Waals surface area contributed by atoms with Gasteiger partial charge in [-0.15, -0.1) is 0 Å². The Labute approximate surface area is 197 Å². The quantitative estimate of drug-likeness (QED) is 0.0556. The van der Waals surface area contributed by atoms with E-state index in [1.54, 1.807) is 0 Å². The third-order valence-corrected chi connectivity index (χ3v) is 5.54. The van der Waals surface area contributed by atoms with Gasteiger partial charge in [0.15, 0.2) is 0 Å². The Morgan fingerprint density at radius 3 is 2.09 bits per heavy atom. The third kappa shape index (κ3) is 16.2. The van der Waals surface area contributed by atoms with E-state index in [4.69, 9.17) is 5.11 Å². The Morgan fingerprint density at radius 2 is 1.42 bits per heavy atom. The lowest BCUT2D eigenvalue weighted by atomic mass is 10.0. The van der Waals surface area contributed by atoms with Crippen LogP contribution in [-0.2, 0) is 9.53 Å². The highest BCUT2D eigenvalue weighted by molar-refractivity contribution is 5.69. The Morgan fingerprint density at radius 1 is 0.788 bits per heavy atom. The minimum Gasteiger partial charge on any atom is -0.433 e. The Balaban J connectivity index is 3.77. The van der Waals surface area contributed by atoms with E-state index in [1.807, 2.05) is 6.08 Å². The number of carbonyl (C=O) groups excluding carboxylic acids is 1. The van der Waals surface area contributed by atoms with Gasteiger partial charge in [-0.05, 0) is 32.1 Å². The first kappa shape index (κ1) is 31.9. The number of unbranched alkanes of at least 4 members (excludes halogenated alkanes) is 8. The van der Waals surface area contributed by atoms with E-state index in [1.165, 1.54) is 19.3 Å². The van der Waals surface area contributed by atoms with Gasteiger partial charge in [0.2, 0.25) is 6.29 Å². The maximum atomic E-state index is 11.7. The van der Waals surface area contributed by atoms with Crippen molar-refractivity contribution in [2.75, 3.05) is 6.61 Å². The van der Waals surface area contributed by atoms with Crippen LogP contribution in [0.15, 0.2) is 12.2 Å². The number of hydrogen-bond acceptors (Lipinski definition) is 9. The van der Waals surface area contributed by atoms with E-state index in [0.29, 0.717) is 12.8 Å². The second-order valence-electron chi connectivity index (χ2n) is 8.62. The predicted molar refractivity (Wildman–Crippen MR) is 124 cm³/mol. The molecule has 33 heavy (non-hydrogen) atoms. The molecule has 0 spiro atoms. The van der Waals surface area contributed by atoms with E-state index in [9.17, 15) is 35.4 Å². The summed E-state index contributed by atoms with van der Waals surface area (Å²) in [4.78, 5) is 11.7. The molecule has 0 rings (SSSR count). The maximum Gasteiger partial charge on any atom is 0.308 e. The molecular formula is C24H46O9. The van der Waals surface area contributed by atoms with Gasteiger partial charge in [-0.1, -0.05) is 64.0 Å². The van der Waals surface area contributed by atoms with Gasteiger partial charge in [-0.25, -0.2) is 0 Å². The smallest absolute Gasteiger partial charge is 0.308 e. The predicted octanol–water partition coefficient (Wildman–Crippen LogP) is 1.29. The van der Waals surface area contributed by atoms with E-state index < -0.39 is 43.3 Å². The molecule has 0 amide bonds. The highest BCUT2D eigenvalue weighted by Crippen LogP contribution is 2.13. The normalized spacial score (nSPS) is 17.5. The Kier molecular flexibility index (Phi) is 19.7. The molecule has 9 heteroatoms. The molecular weight excluding hydrogens is 432 g/mol. The lowest BCUT2D eigenvalue weighted by Crippen LogP contribution is -2.50. The van der Waals surface area contributed by atoms with Crippen LogP contribution < -0.4 is 0 Å². The van der Waals surface area contributed by atoms with Crippen molar-refractivity contribution in [3.05, 3.63) is 12.2 Å². The van der Waals surface area contributed by atoms with Gasteiger partial charge in [0.1, 0.15) is 24.4 Å². The molecule has 0 saturated heterocycles. The second-order valence-corrected chi connectivity index (χ2v) is 8.62. The van der Waals surface area contributed by atoms with Crippen molar-refractivity contribution in [3.8, 4) is 0 Å². The van der Waals surface area contributed by atoms with Crippen LogP contribution in [-0.4, -0.2) is 85.1 Å². The van der Waals surface area contributed by atoms with E-state index in [-0.39, 0.29) is 12.5 Å². The van der Waals surface area contributed by atoms with E-state index in [2.05, 4.69) is 17.7 Å². The topological polar surface area (TPSA) is 168 Å². The number of ether oxygens (including phenoxy) is 1. The fraction of sp³-hybridized carbons (Fsp3) is 0.875. The average molecular weight is 479 g/mol. The van der Waals surface area contributed by atoms with Crippen molar-refractivity contribution in [2.24, 2.45) is 0 Å². The standard InChI is InChI=1S/C24H46O9/c1-2-3-4-11-14-18(26)15-12-9-7-5-6-8-10-13-16-20(28)33-24(32)23(31)22(30)21(29)19(27)17-25/h9,12,18-19,21-27,29-32H,2-8,10-11,13-17H2,1H3/b12-9-/t18-,19-,21-,22+,23-,24?/m1/s1. The molecule has 7 N–H and O–H groups in total. The fourth-order valence-corrected chi connectivity index (χ4v) is 3.33. The maximum absolute atomic E-state index is 11.7. The summed E-state index contributed by atoms with van der Waals surface area (Å²) >= 11 is 0. The zero-order valence-corrected chi connectivity index (χ0v) is 20.0. The van der Waals surface area contributed by atoms with Crippen molar-refractivity contribution >= 4 is 5.97 Å². The van der Waals surface area contributed by atoms with Gasteiger partial charge in [0.25, 0.3) is 0 Å². The fourth-order valence-electron chi connectivity index (χ4n) is 3.33. The van der Waals surface area contributed by atoms with Crippen molar-refractivity contribution in [3.63, 3.8) is 0 Å². The number of aliphatic hydroxyl groups is 7. The summed E-state index contributed by atoms with van der Waals surface area (Å²) in [6.07, 6.45) is 5.75. The molecule has 0 aliphatic carbocycles. The molecule has 0 aromatic carbocycles. The summed E-state index contributed by atoms with van der Waals surface area (Å²) in [6, 6.07) is 0. The SMILES string of the molecule is CCCCCC[C@@H](O)C/C=C\CCCCCCCC(=O)OC(O)[C@H](O)[C@@H](O)[C@H](O)[C@H](O)CO. The van der Waals surface area contributed by atoms with E-state index in [0.717, 1.165) is 44.9 Å². The summed E-state index contributed by atoms with van der Waals surface area (Å²) in [5, 5.41) is 66.4. The van der Waals surface area contributed by atoms with Crippen LogP contribution in [0.25, 0.3) is 0 Å². The Bertz CT molecular complexity index is 500. The zero-order chi connectivity index (χ0) is 25.1. The third-order valence-electron chi connectivity index (χ3n) is 5.54. The van der Waals surface area contributed by atoms with Gasteiger partial charge in [0, 0.05) is 6.42 Å². The summed E-state index contributed by atoms with van der Waals surface area (Å²) in [7, 11) is 0. The summed E-state index contributed by atoms with van der Waals surface area (Å²) < 4.78 is 4.65. The summed E-state index contributed by atoms with van der Waals surface area (Å²) in [6.45, 7) is 1.32. The number of rotatable bonds is 21. The van der Waals surface area contributed by atoms with Crippen LogP contribution in [0.4, 0.5) is 0 Å². The van der Waals surface area contributed by atoms with Crippen molar-refractivity contribution in [2.45, 2.75) is 127 Å². The molecule has 196 valence electrons. The highest BCUT2D eigenvalue weighted by atomic mass is 16.6. The molecule has 0 heterocycles. The Hall–Kier alpha value is -1.07. The minimum atomic E-state index is -2.06. The number of carbonyl (C=O) groups is 1. The first-order valence-corrected chi connectivity index (χ1v) is 12.3. The van der Waals surface area contributed by atoms with Crippen molar-refractivity contribution < 1.29 is 45.3 Å². The van der Waals surface area contributed by atoms with Crippen LogP contribution in [0.1, 0.15) is 90.4 Å². The summed E-state index contributed by atoms with van der Waals surface area (Å²) in [5.41, 5.74) is 0. The van der Waals surface area contributed by atoms with Crippen LogP contribution in [0.2, 0.25) is 0 Å². The van der Waals surface area contributed by atoms with Crippen LogP contribution in [0.5, 0.6) is 0 Å². The lowest BCUT2D eigenvalue weighted by Gasteiger charge is -2.28. The average Bonchev–Trinajstić information content (AvgIpc) is 2.80.